The summed E-state index contributed by atoms with van der Waals surface area (Å²) >= 11 is 5.82. The average Bonchev–Trinajstić information content (AvgIpc) is 2.21. The van der Waals surface area contributed by atoms with Gasteiger partial charge in [0.05, 0.1) is 5.84 Å². The summed E-state index contributed by atoms with van der Waals surface area (Å²) in [6, 6.07) is 7.87. The molecular weight excluding hydrogens is 222 g/mol. The second-order valence-corrected chi connectivity index (χ2v) is 4.43. The van der Waals surface area contributed by atoms with Crippen LogP contribution in [-0.4, -0.2) is 24.3 Å². The minimum Gasteiger partial charge on any atom is -0.388 e. The number of nitrogens with zero attached hydrogens (tertiary/aromatic N) is 1. The van der Waals surface area contributed by atoms with E-state index in [1.165, 1.54) is 5.56 Å². The predicted molar refractivity (Wildman–Crippen MR) is 68.9 cm³/mol. The fraction of sp³-hybridized carbons (Fsp3) is 0.417. The Labute approximate surface area is 102 Å². The van der Waals surface area contributed by atoms with Gasteiger partial charge in [0, 0.05) is 18.0 Å². The van der Waals surface area contributed by atoms with Crippen LogP contribution >= 0.6 is 11.6 Å². The van der Waals surface area contributed by atoms with Crippen molar-refractivity contribution >= 4 is 17.4 Å². The number of nitrogens with one attached hydrogen (secondary N) is 1. The van der Waals surface area contributed by atoms with Gasteiger partial charge in [-0.1, -0.05) is 23.7 Å². The van der Waals surface area contributed by atoms with Crippen LogP contribution in [0.2, 0.25) is 5.02 Å². The highest BCUT2D eigenvalue weighted by molar-refractivity contribution is 6.30. The fourth-order valence-corrected chi connectivity index (χ4v) is 1.65. The van der Waals surface area contributed by atoms with Crippen LogP contribution < -0.4 is 5.73 Å². The minimum absolute atomic E-state index is 0.264. The van der Waals surface area contributed by atoms with E-state index in [1.54, 1.807) is 0 Å². The molecule has 3 nitrogen and oxygen atoms in total. The molecule has 88 valence electrons. The van der Waals surface area contributed by atoms with E-state index in [2.05, 4.69) is 11.9 Å². The van der Waals surface area contributed by atoms with E-state index >= 15 is 0 Å². The van der Waals surface area contributed by atoms with Crippen molar-refractivity contribution in [2.75, 3.05) is 13.6 Å². The van der Waals surface area contributed by atoms with Crippen LogP contribution in [0, 0.1) is 5.41 Å². The third-order valence-corrected chi connectivity index (χ3v) is 2.60. The first-order valence-electron chi connectivity index (χ1n) is 5.34. The molecule has 0 amide bonds. The molecule has 0 radical (unpaired) electrons. The molecule has 0 saturated carbocycles. The number of hydrogen-bond donors (Lipinski definition) is 2. The lowest BCUT2D eigenvalue weighted by atomic mass is 10.2. The van der Waals surface area contributed by atoms with Crippen molar-refractivity contribution in [3.8, 4) is 0 Å². The summed E-state index contributed by atoms with van der Waals surface area (Å²) in [5.41, 5.74) is 6.54. The van der Waals surface area contributed by atoms with Crippen LogP contribution in [0.4, 0.5) is 0 Å². The van der Waals surface area contributed by atoms with Gasteiger partial charge in [-0.3, -0.25) is 5.41 Å². The van der Waals surface area contributed by atoms with Gasteiger partial charge in [-0.15, -0.1) is 0 Å². The van der Waals surface area contributed by atoms with Crippen molar-refractivity contribution in [2.45, 2.75) is 19.4 Å². The van der Waals surface area contributed by atoms with E-state index in [0.717, 1.165) is 24.5 Å². The summed E-state index contributed by atoms with van der Waals surface area (Å²) in [6.45, 7) is 1.84. The summed E-state index contributed by atoms with van der Waals surface area (Å²) in [7, 11) is 2.06. The quantitative estimate of drug-likeness (QED) is 0.592. The highest BCUT2D eigenvalue weighted by Crippen LogP contribution is 2.11. The number of amidine groups is 1. The van der Waals surface area contributed by atoms with Gasteiger partial charge in [0.1, 0.15) is 0 Å². The molecule has 4 heteroatoms. The first-order chi connectivity index (χ1) is 7.58. The summed E-state index contributed by atoms with van der Waals surface area (Å²) in [5, 5.41) is 7.89. The maximum absolute atomic E-state index is 7.13. The molecule has 0 atom stereocenters. The molecule has 0 aliphatic rings. The number of benzene rings is 1. The molecule has 0 spiro atoms. The highest BCUT2D eigenvalue weighted by Gasteiger charge is 2.00. The SMILES string of the molecule is CN(CCCC(=N)N)Cc1ccc(Cl)cc1. The maximum atomic E-state index is 7.13. The molecule has 0 aliphatic carbocycles. The van der Waals surface area contributed by atoms with E-state index in [1.807, 2.05) is 24.3 Å². The van der Waals surface area contributed by atoms with Gasteiger partial charge < -0.3 is 10.6 Å². The highest BCUT2D eigenvalue weighted by atomic mass is 35.5. The monoisotopic (exact) mass is 239 g/mol. The third kappa shape index (κ3) is 5.14. The van der Waals surface area contributed by atoms with Crippen molar-refractivity contribution in [1.29, 1.82) is 5.41 Å². The minimum atomic E-state index is 0.264. The van der Waals surface area contributed by atoms with Gasteiger partial charge >= 0.3 is 0 Å². The van der Waals surface area contributed by atoms with Gasteiger partial charge in [0.25, 0.3) is 0 Å². The summed E-state index contributed by atoms with van der Waals surface area (Å²) in [5.74, 6) is 0.264. The normalized spacial score (nSPS) is 10.7. The van der Waals surface area contributed by atoms with Crippen LogP contribution in [0.1, 0.15) is 18.4 Å². The third-order valence-electron chi connectivity index (χ3n) is 2.35. The molecule has 1 rings (SSSR count). The van der Waals surface area contributed by atoms with E-state index in [-0.39, 0.29) is 5.84 Å². The first kappa shape index (κ1) is 13.0. The molecule has 3 N–H and O–H groups in total. The maximum Gasteiger partial charge on any atom is 0.0905 e. The fourth-order valence-electron chi connectivity index (χ4n) is 1.52. The largest absolute Gasteiger partial charge is 0.388 e. The van der Waals surface area contributed by atoms with Crippen LogP contribution in [0.15, 0.2) is 24.3 Å². The van der Waals surface area contributed by atoms with Crippen molar-refractivity contribution < 1.29 is 0 Å². The Morgan fingerprint density at radius 2 is 2.00 bits per heavy atom. The van der Waals surface area contributed by atoms with Crippen molar-refractivity contribution in [1.82, 2.24) is 4.90 Å². The molecule has 16 heavy (non-hydrogen) atoms. The van der Waals surface area contributed by atoms with Crippen LogP contribution in [0.5, 0.6) is 0 Å². The molecule has 1 aromatic carbocycles. The Kier molecular flexibility index (Phi) is 5.29. The number of rotatable bonds is 6. The Balaban J connectivity index is 2.31. The van der Waals surface area contributed by atoms with Crippen LogP contribution in [-0.2, 0) is 6.54 Å². The number of halogens is 1. The van der Waals surface area contributed by atoms with Gasteiger partial charge in [-0.2, -0.15) is 0 Å². The molecule has 0 aromatic heterocycles. The molecule has 0 bridgehead atoms. The number of hydrogen-bond acceptors (Lipinski definition) is 2. The molecule has 0 unspecified atom stereocenters. The standard InChI is InChI=1S/C12H18ClN3/c1-16(8-2-3-12(14)15)9-10-4-6-11(13)7-5-10/h4-7H,2-3,8-9H2,1H3,(H3,14,15). The van der Waals surface area contributed by atoms with Crippen molar-refractivity contribution in [3.63, 3.8) is 0 Å². The average molecular weight is 240 g/mol. The Morgan fingerprint density at radius 3 is 2.56 bits per heavy atom. The predicted octanol–water partition coefficient (Wildman–Crippen LogP) is 2.49. The van der Waals surface area contributed by atoms with Gasteiger partial charge in [0.15, 0.2) is 0 Å². The molecular formula is C12H18ClN3. The van der Waals surface area contributed by atoms with E-state index in [4.69, 9.17) is 22.7 Å². The topological polar surface area (TPSA) is 53.1 Å². The zero-order chi connectivity index (χ0) is 12.0. The Bertz CT molecular complexity index is 335. The lowest BCUT2D eigenvalue weighted by Crippen LogP contribution is -2.20. The zero-order valence-corrected chi connectivity index (χ0v) is 10.3. The van der Waals surface area contributed by atoms with Crippen molar-refractivity contribution in [3.05, 3.63) is 34.9 Å². The number of nitrogens with two attached hydrogens (primary N) is 1. The molecule has 0 heterocycles. The molecule has 0 fully saturated rings. The first-order valence-corrected chi connectivity index (χ1v) is 5.71. The van der Waals surface area contributed by atoms with Crippen LogP contribution in [0.25, 0.3) is 0 Å². The Morgan fingerprint density at radius 1 is 1.38 bits per heavy atom. The molecule has 0 aliphatic heterocycles. The van der Waals surface area contributed by atoms with Gasteiger partial charge in [-0.25, -0.2) is 0 Å². The summed E-state index contributed by atoms with van der Waals surface area (Å²) in [4.78, 5) is 2.21. The van der Waals surface area contributed by atoms with E-state index < -0.39 is 0 Å². The lowest BCUT2D eigenvalue weighted by Gasteiger charge is -2.16. The second-order valence-electron chi connectivity index (χ2n) is 3.99. The lowest BCUT2D eigenvalue weighted by molar-refractivity contribution is 0.324. The molecule has 1 aromatic rings. The van der Waals surface area contributed by atoms with E-state index in [9.17, 15) is 0 Å². The van der Waals surface area contributed by atoms with Crippen LogP contribution in [0.3, 0.4) is 0 Å². The molecule has 0 saturated heterocycles. The zero-order valence-electron chi connectivity index (χ0n) is 9.54. The van der Waals surface area contributed by atoms with Gasteiger partial charge in [0.2, 0.25) is 0 Å². The summed E-state index contributed by atoms with van der Waals surface area (Å²) in [6.07, 6.45) is 1.60. The van der Waals surface area contributed by atoms with Gasteiger partial charge in [-0.05, 0) is 37.7 Å². The Hall–Kier alpha value is -1.06. The van der Waals surface area contributed by atoms with Crippen molar-refractivity contribution in [2.24, 2.45) is 5.73 Å². The summed E-state index contributed by atoms with van der Waals surface area (Å²) < 4.78 is 0. The van der Waals surface area contributed by atoms with E-state index in [0.29, 0.717) is 6.42 Å². The second kappa shape index (κ2) is 6.51. The smallest absolute Gasteiger partial charge is 0.0905 e.